The Bertz CT molecular complexity index is 433. The molecule has 2 heterocycles. The number of carbonyl (C=O) groups is 1. The van der Waals surface area contributed by atoms with Gasteiger partial charge in [0, 0.05) is 25.8 Å². The fourth-order valence-corrected chi connectivity index (χ4v) is 2.33. The highest BCUT2D eigenvalue weighted by atomic mass is 79.9. The van der Waals surface area contributed by atoms with Crippen molar-refractivity contribution in [2.24, 2.45) is 5.92 Å². The molecule has 0 aromatic carbocycles. The van der Waals surface area contributed by atoms with Gasteiger partial charge in [0.1, 0.15) is 5.76 Å². The third-order valence-corrected chi connectivity index (χ3v) is 3.59. The lowest BCUT2D eigenvalue weighted by Gasteiger charge is -2.30. The van der Waals surface area contributed by atoms with Crippen molar-refractivity contribution in [2.45, 2.75) is 12.8 Å². The van der Waals surface area contributed by atoms with Crippen LogP contribution in [0.3, 0.4) is 0 Å². The number of nitrogens with zero attached hydrogens (tertiary/aromatic N) is 1. The minimum Gasteiger partial charge on any atom is -0.450 e. The summed E-state index contributed by atoms with van der Waals surface area (Å²) in [4.78, 5) is 13.7. The molecule has 1 aliphatic rings. The van der Waals surface area contributed by atoms with Gasteiger partial charge in [-0.15, -0.1) is 0 Å². The van der Waals surface area contributed by atoms with Gasteiger partial charge in [-0.1, -0.05) is 0 Å². The number of hydrogen-bond acceptors (Lipinski definition) is 3. The molecule has 1 aromatic heterocycles. The zero-order valence-corrected chi connectivity index (χ0v) is 11.6. The highest BCUT2D eigenvalue weighted by Crippen LogP contribution is 2.18. The molecular weight excluding hydrogens is 298 g/mol. The average molecular weight is 314 g/mol. The molecule has 18 heavy (non-hydrogen) atoms. The number of piperidine rings is 1. The highest BCUT2D eigenvalue weighted by molar-refractivity contribution is 9.10. The first-order valence-electron chi connectivity index (χ1n) is 6.02. The third kappa shape index (κ3) is 3.46. The Kier molecular flexibility index (Phi) is 4.60. The van der Waals surface area contributed by atoms with Gasteiger partial charge in [0.05, 0.1) is 0 Å². The van der Waals surface area contributed by atoms with Crippen molar-refractivity contribution in [3.05, 3.63) is 28.6 Å². The highest BCUT2D eigenvalue weighted by Gasteiger charge is 2.20. The predicted molar refractivity (Wildman–Crippen MR) is 71.8 cm³/mol. The van der Waals surface area contributed by atoms with Crippen LogP contribution in [0.25, 0.3) is 6.08 Å². The SMILES string of the molecule is O=C(/C=C/c1ccc(Br)o1)N1CCC(CO)CC1. The number of halogens is 1. The van der Waals surface area contributed by atoms with Crippen LogP contribution in [0.15, 0.2) is 27.3 Å². The number of carbonyl (C=O) groups excluding carboxylic acids is 1. The van der Waals surface area contributed by atoms with E-state index in [0.29, 0.717) is 16.3 Å². The third-order valence-electron chi connectivity index (χ3n) is 3.17. The van der Waals surface area contributed by atoms with Crippen molar-refractivity contribution < 1.29 is 14.3 Å². The van der Waals surface area contributed by atoms with Crippen molar-refractivity contribution >= 4 is 27.9 Å². The number of likely N-dealkylation sites (tertiary alicyclic amines) is 1. The second-order valence-corrected chi connectivity index (χ2v) is 5.21. The molecule has 1 saturated heterocycles. The van der Waals surface area contributed by atoms with Gasteiger partial charge in [0.25, 0.3) is 0 Å². The van der Waals surface area contributed by atoms with Crippen LogP contribution in [-0.4, -0.2) is 35.6 Å². The summed E-state index contributed by atoms with van der Waals surface area (Å²) in [5.74, 6) is 0.999. The maximum atomic E-state index is 11.9. The smallest absolute Gasteiger partial charge is 0.246 e. The van der Waals surface area contributed by atoms with Crippen molar-refractivity contribution in [3.63, 3.8) is 0 Å². The van der Waals surface area contributed by atoms with Crippen molar-refractivity contribution in [1.29, 1.82) is 0 Å². The van der Waals surface area contributed by atoms with Gasteiger partial charge in [0.15, 0.2) is 4.67 Å². The molecular formula is C13H16BrNO3. The van der Waals surface area contributed by atoms with E-state index in [0.717, 1.165) is 25.9 Å². The van der Waals surface area contributed by atoms with Gasteiger partial charge in [-0.05, 0) is 52.9 Å². The molecule has 2 rings (SSSR count). The van der Waals surface area contributed by atoms with Gasteiger partial charge in [-0.2, -0.15) is 0 Å². The van der Waals surface area contributed by atoms with Crippen LogP contribution >= 0.6 is 15.9 Å². The molecule has 4 nitrogen and oxygen atoms in total. The quantitative estimate of drug-likeness (QED) is 0.871. The predicted octanol–water partition coefficient (Wildman–Crippen LogP) is 2.29. The number of aliphatic hydroxyl groups excluding tert-OH is 1. The number of amides is 1. The van der Waals surface area contributed by atoms with E-state index in [1.54, 1.807) is 23.1 Å². The van der Waals surface area contributed by atoms with E-state index >= 15 is 0 Å². The summed E-state index contributed by atoms with van der Waals surface area (Å²) in [6, 6.07) is 3.59. The number of aliphatic hydroxyl groups is 1. The molecule has 0 atom stereocenters. The van der Waals surface area contributed by atoms with Crippen LogP contribution in [0.2, 0.25) is 0 Å². The van der Waals surface area contributed by atoms with E-state index in [4.69, 9.17) is 9.52 Å². The van der Waals surface area contributed by atoms with Crippen LogP contribution in [0.1, 0.15) is 18.6 Å². The zero-order chi connectivity index (χ0) is 13.0. The van der Waals surface area contributed by atoms with E-state index in [2.05, 4.69) is 15.9 Å². The molecule has 0 spiro atoms. The summed E-state index contributed by atoms with van der Waals surface area (Å²) in [7, 11) is 0. The van der Waals surface area contributed by atoms with Crippen LogP contribution in [0.5, 0.6) is 0 Å². The van der Waals surface area contributed by atoms with Gasteiger partial charge >= 0.3 is 0 Å². The van der Waals surface area contributed by atoms with E-state index in [1.807, 2.05) is 0 Å². The monoisotopic (exact) mass is 313 g/mol. The Morgan fingerprint density at radius 3 is 2.78 bits per heavy atom. The second kappa shape index (κ2) is 6.20. The number of rotatable bonds is 3. The Balaban J connectivity index is 1.87. The lowest BCUT2D eigenvalue weighted by molar-refractivity contribution is -0.127. The van der Waals surface area contributed by atoms with E-state index in [-0.39, 0.29) is 12.5 Å². The van der Waals surface area contributed by atoms with Crippen molar-refractivity contribution in [1.82, 2.24) is 4.90 Å². The molecule has 1 N–H and O–H groups in total. The molecule has 5 heteroatoms. The van der Waals surface area contributed by atoms with E-state index in [9.17, 15) is 4.79 Å². The minimum absolute atomic E-state index is 0.00101. The second-order valence-electron chi connectivity index (χ2n) is 4.43. The standard InChI is InChI=1S/C13H16BrNO3/c14-12-3-1-11(18-12)2-4-13(17)15-7-5-10(9-16)6-8-15/h1-4,10,16H,5-9H2/b4-2+. The first-order chi connectivity index (χ1) is 8.69. The maximum absolute atomic E-state index is 11.9. The van der Waals surface area contributed by atoms with E-state index < -0.39 is 0 Å². The molecule has 1 fully saturated rings. The van der Waals surface area contributed by atoms with Crippen LogP contribution in [0, 0.1) is 5.92 Å². The van der Waals surface area contributed by atoms with Crippen LogP contribution in [-0.2, 0) is 4.79 Å². The molecule has 98 valence electrons. The zero-order valence-electron chi connectivity index (χ0n) is 10.0. The van der Waals surface area contributed by atoms with Crippen LogP contribution < -0.4 is 0 Å². The topological polar surface area (TPSA) is 53.7 Å². The molecule has 1 aliphatic heterocycles. The normalized spacial score (nSPS) is 17.6. The maximum Gasteiger partial charge on any atom is 0.246 e. The average Bonchev–Trinajstić information content (AvgIpc) is 2.82. The Morgan fingerprint density at radius 2 is 2.22 bits per heavy atom. The molecule has 0 saturated carbocycles. The van der Waals surface area contributed by atoms with Gasteiger partial charge in [0.2, 0.25) is 5.91 Å². The fourth-order valence-electron chi connectivity index (χ4n) is 2.01. The van der Waals surface area contributed by atoms with Gasteiger partial charge in [-0.25, -0.2) is 0 Å². The van der Waals surface area contributed by atoms with Gasteiger partial charge < -0.3 is 14.4 Å². The largest absolute Gasteiger partial charge is 0.450 e. The molecule has 0 aliphatic carbocycles. The Labute approximate surface area is 114 Å². The van der Waals surface area contributed by atoms with Gasteiger partial charge in [-0.3, -0.25) is 4.79 Å². The summed E-state index contributed by atoms with van der Waals surface area (Å²) >= 11 is 3.21. The van der Waals surface area contributed by atoms with E-state index in [1.165, 1.54) is 6.08 Å². The summed E-state index contributed by atoms with van der Waals surface area (Å²) in [5.41, 5.74) is 0. The molecule has 0 bridgehead atoms. The summed E-state index contributed by atoms with van der Waals surface area (Å²) in [5, 5.41) is 9.04. The van der Waals surface area contributed by atoms with Crippen molar-refractivity contribution in [3.8, 4) is 0 Å². The number of hydrogen-bond donors (Lipinski definition) is 1. The first kappa shape index (κ1) is 13.4. The lowest BCUT2D eigenvalue weighted by Crippen LogP contribution is -2.38. The number of furan rings is 1. The summed E-state index contributed by atoms with van der Waals surface area (Å²) in [6.45, 7) is 1.66. The van der Waals surface area contributed by atoms with Crippen LogP contribution in [0.4, 0.5) is 0 Å². The fraction of sp³-hybridized carbons (Fsp3) is 0.462. The molecule has 1 aromatic rings. The molecule has 0 unspecified atom stereocenters. The molecule has 1 amide bonds. The lowest BCUT2D eigenvalue weighted by atomic mass is 9.98. The molecule has 0 radical (unpaired) electrons. The Morgan fingerprint density at radius 1 is 1.50 bits per heavy atom. The first-order valence-corrected chi connectivity index (χ1v) is 6.81. The summed E-state index contributed by atoms with van der Waals surface area (Å²) < 4.78 is 5.93. The Hall–Kier alpha value is -1.07. The van der Waals surface area contributed by atoms with Crippen molar-refractivity contribution in [2.75, 3.05) is 19.7 Å². The summed E-state index contributed by atoms with van der Waals surface area (Å²) in [6.07, 6.45) is 4.96. The minimum atomic E-state index is -0.00101.